The first-order valence-corrected chi connectivity index (χ1v) is 10.5. The van der Waals surface area contributed by atoms with Gasteiger partial charge in [-0.05, 0) is 48.0 Å². The summed E-state index contributed by atoms with van der Waals surface area (Å²) >= 11 is 5.58. The van der Waals surface area contributed by atoms with Crippen molar-refractivity contribution in [2.24, 2.45) is 0 Å². The molecule has 1 aromatic heterocycles. The summed E-state index contributed by atoms with van der Waals surface area (Å²) in [5.74, 6) is -0.548. The molecule has 0 saturated heterocycles. The molecule has 2 amide bonds. The van der Waals surface area contributed by atoms with Gasteiger partial charge in [0.1, 0.15) is 17.2 Å². The van der Waals surface area contributed by atoms with E-state index < -0.39 is 28.6 Å². The van der Waals surface area contributed by atoms with Gasteiger partial charge >= 0.3 is 6.18 Å². The van der Waals surface area contributed by atoms with E-state index in [-0.39, 0.29) is 24.6 Å². The Hall–Kier alpha value is -4.38. The summed E-state index contributed by atoms with van der Waals surface area (Å²) in [6.07, 6.45) is -0.698. The maximum atomic E-state index is 13.0. The number of aromatic nitrogens is 1. The minimum absolute atomic E-state index is 0.0330. The third-order valence-corrected chi connectivity index (χ3v) is 4.74. The summed E-state index contributed by atoms with van der Waals surface area (Å²) in [6, 6.07) is 12.6. The quantitative estimate of drug-likeness (QED) is 0.177. The number of hydrogen-bond acceptors (Lipinski definition) is 6. The Balaban J connectivity index is 1.65. The van der Waals surface area contributed by atoms with Crippen molar-refractivity contribution in [3.05, 3.63) is 88.7 Å². The average Bonchev–Trinajstić information content (AvgIpc) is 2.84. The number of pyridine rings is 1. The number of ether oxygens (including phenoxy) is 2. The third-order valence-electron chi connectivity index (χ3n) is 4.41. The van der Waals surface area contributed by atoms with Crippen molar-refractivity contribution in [1.82, 2.24) is 10.3 Å². The highest BCUT2D eigenvalue weighted by atomic mass is 35.5. The lowest BCUT2D eigenvalue weighted by atomic mass is 10.2. The lowest BCUT2D eigenvalue weighted by molar-refractivity contribution is -0.137. The predicted molar refractivity (Wildman–Crippen MR) is 124 cm³/mol. The van der Waals surface area contributed by atoms with E-state index in [4.69, 9.17) is 16.3 Å². The molecule has 0 atom stereocenters. The minimum atomic E-state index is -4.65. The van der Waals surface area contributed by atoms with Crippen molar-refractivity contribution in [3.63, 3.8) is 0 Å². The first kappa shape index (κ1) is 26.2. The van der Waals surface area contributed by atoms with Crippen LogP contribution in [0.4, 0.5) is 18.9 Å². The predicted octanol–water partition coefficient (Wildman–Crippen LogP) is 5.06. The molecule has 36 heavy (non-hydrogen) atoms. The van der Waals surface area contributed by atoms with Crippen LogP contribution in [0.1, 0.15) is 21.6 Å². The lowest BCUT2D eigenvalue weighted by Gasteiger charge is -2.11. The molecular weight excluding hydrogens is 503 g/mol. The van der Waals surface area contributed by atoms with Crippen molar-refractivity contribution < 1.29 is 37.0 Å². The smallest absolute Gasteiger partial charge is 0.417 e. The van der Waals surface area contributed by atoms with Crippen LogP contribution >= 0.6 is 11.6 Å². The zero-order valence-electron chi connectivity index (χ0n) is 18.2. The Morgan fingerprint density at radius 2 is 1.83 bits per heavy atom. The standard InChI is InChI=1S/C24H17ClF3N3O5/c25-20-6-5-16(11-19(20)24(26,27)28)31-22(33)7-4-15-2-1-3-17(10-15)36-18-8-9-29-21(12-18)23(34)30-13-35-14-32/h1-12,14H,13H2,(H,30,34)(H,31,33)/b7-4+. The molecule has 3 aromatic rings. The maximum Gasteiger partial charge on any atom is 0.417 e. The summed E-state index contributed by atoms with van der Waals surface area (Å²) in [5.41, 5.74) is -0.520. The molecule has 0 aliphatic heterocycles. The van der Waals surface area contributed by atoms with Gasteiger partial charge < -0.3 is 20.1 Å². The molecule has 0 radical (unpaired) electrons. The Bertz CT molecular complexity index is 1300. The van der Waals surface area contributed by atoms with E-state index in [1.807, 2.05) is 0 Å². The molecule has 0 aliphatic rings. The summed E-state index contributed by atoms with van der Waals surface area (Å²) in [6.45, 7) is -0.113. The van der Waals surface area contributed by atoms with Crippen LogP contribution < -0.4 is 15.4 Å². The number of nitrogens with one attached hydrogen (secondary N) is 2. The van der Waals surface area contributed by atoms with Crippen LogP contribution in [0.3, 0.4) is 0 Å². The van der Waals surface area contributed by atoms with Gasteiger partial charge in [-0.15, -0.1) is 0 Å². The molecule has 186 valence electrons. The highest BCUT2D eigenvalue weighted by molar-refractivity contribution is 6.31. The van der Waals surface area contributed by atoms with E-state index in [0.29, 0.717) is 17.1 Å². The second-order valence-electron chi connectivity index (χ2n) is 6.98. The monoisotopic (exact) mass is 519 g/mol. The fourth-order valence-electron chi connectivity index (χ4n) is 2.82. The number of rotatable bonds is 9. The molecule has 0 unspecified atom stereocenters. The number of carbonyl (C=O) groups is 3. The Kier molecular flexibility index (Phi) is 8.63. The molecule has 1 heterocycles. The highest BCUT2D eigenvalue weighted by Gasteiger charge is 2.33. The van der Waals surface area contributed by atoms with Gasteiger partial charge in [0.25, 0.3) is 12.4 Å². The number of halogens is 4. The van der Waals surface area contributed by atoms with Crippen LogP contribution in [0.5, 0.6) is 11.5 Å². The van der Waals surface area contributed by atoms with Crippen molar-refractivity contribution in [2.75, 3.05) is 12.0 Å². The van der Waals surface area contributed by atoms with E-state index in [0.717, 1.165) is 18.2 Å². The van der Waals surface area contributed by atoms with Crippen LogP contribution in [0.2, 0.25) is 5.02 Å². The molecule has 0 bridgehead atoms. The van der Waals surface area contributed by atoms with Gasteiger partial charge in [-0.3, -0.25) is 19.4 Å². The van der Waals surface area contributed by atoms with Gasteiger partial charge in [0.2, 0.25) is 5.91 Å². The highest BCUT2D eigenvalue weighted by Crippen LogP contribution is 2.36. The number of nitrogens with zero attached hydrogens (tertiary/aromatic N) is 1. The Morgan fingerprint density at radius 1 is 1.06 bits per heavy atom. The second kappa shape index (κ2) is 11.8. The van der Waals surface area contributed by atoms with E-state index in [1.165, 1.54) is 30.5 Å². The van der Waals surface area contributed by atoms with Crippen LogP contribution in [-0.2, 0) is 20.5 Å². The van der Waals surface area contributed by atoms with Gasteiger partial charge in [0.15, 0.2) is 6.73 Å². The maximum absolute atomic E-state index is 13.0. The van der Waals surface area contributed by atoms with Crippen LogP contribution in [0, 0.1) is 0 Å². The Morgan fingerprint density at radius 3 is 2.58 bits per heavy atom. The summed E-state index contributed by atoms with van der Waals surface area (Å²) < 4.78 is 49.1. The first-order valence-electron chi connectivity index (χ1n) is 10.1. The number of alkyl halides is 3. The van der Waals surface area contributed by atoms with Crippen molar-refractivity contribution >= 4 is 41.7 Å². The molecule has 12 heteroatoms. The topological polar surface area (TPSA) is 107 Å². The number of anilines is 1. The summed E-state index contributed by atoms with van der Waals surface area (Å²) in [4.78, 5) is 38.3. The molecule has 0 spiro atoms. The molecule has 0 aliphatic carbocycles. The van der Waals surface area contributed by atoms with E-state index >= 15 is 0 Å². The SMILES string of the molecule is O=COCNC(=O)c1cc(Oc2cccc(/C=C/C(=O)Nc3ccc(Cl)c(C(F)(F)F)c3)c2)ccn1. The summed E-state index contributed by atoms with van der Waals surface area (Å²) in [7, 11) is 0. The molecule has 0 fully saturated rings. The molecule has 8 nitrogen and oxygen atoms in total. The van der Waals surface area contributed by atoms with Crippen molar-refractivity contribution in [1.29, 1.82) is 0 Å². The first-order chi connectivity index (χ1) is 17.2. The third kappa shape index (κ3) is 7.57. The van der Waals surface area contributed by atoms with E-state index in [1.54, 1.807) is 24.3 Å². The van der Waals surface area contributed by atoms with Gasteiger partial charge in [0.05, 0.1) is 10.6 Å². The molecular formula is C24H17ClF3N3O5. The van der Waals surface area contributed by atoms with Crippen LogP contribution in [0.15, 0.2) is 66.9 Å². The van der Waals surface area contributed by atoms with Gasteiger partial charge in [0, 0.05) is 24.0 Å². The molecule has 3 rings (SSSR count). The number of carbonyl (C=O) groups excluding carboxylic acids is 3. The number of hydrogen-bond donors (Lipinski definition) is 2. The fourth-order valence-corrected chi connectivity index (χ4v) is 3.05. The van der Waals surface area contributed by atoms with E-state index in [9.17, 15) is 27.6 Å². The van der Waals surface area contributed by atoms with E-state index in [2.05, 4.69) is 20.4 Å². The molecule has 2 N–H and O–H groups in total. The Labute approximate surface area is 207 Å². The lowest BCUT2D eigenvalue weighted by Crippen LogP contribution is -2.26. The van der Waals surface area contributed by atoms with Gasteiger partial charge in [-0.2, -0.15) is 13.2 Å². The van der Waals surface area contributed by atoms with Crippen molar-refractivity contribution in [3.8, 4) is 11.5 Å². The van der Waals surface area contributed by atoms with Crippen LogP contribution in [-0.4, -0.2) is 30.0 Å². The number of amides is 2. The second-order valence-corrected chi connectivity index (χ2v) is 7.39. The molecule has 0 saturated carbocycles. The normalized spacial score (nSPS) is 11.1. The van der Waals surface area contributed by atoms with Crippen LogP contribution in [0.25, 0.3) is 6.08 Å². The molecule has 2 aromatic carbocycles. The van der Waals surface area contributed by atoms with Gasteiger partial charge in [-0.25, -0.2) is 0 Å². The fraction of sp³-hybridized carbons (Fsp3) is 0.0833. The largest absolute Gasteiger partial charge is 0.457 e. The number of benzene rings is 2. The van der Waals surface area contributed by atoms with Crippen molar-refractivity contribution in [2.45, 2.75) is 6.18 Å². The zero-order chi connectivity index (χ0) is 26.1. The zero-order valence-corrected chi connectivity index (χ0v) is 19.0. The summed E-state index contributed by atoms with van der Waals surface area (Å²) in [5, 5.41) is 4.22. The van der Waals surface area contributed by atoms with Gasteiger partial charge in [-0.1, -0.05) is 23.7 Å². The average molecular weight is 520 g/mol. The minimum Gasteiger partial charge on any atom is -0.457 e.